The van der Waals surface area contributed by atoms with Gasteiger partial charge in [-0.1, -0.05) is 19.1 Å². The minimum atomic E-state index is -0.228. The van der Waals surface area contributed by atoms with Crippen molar-refractivity contribution in [3.63, 3.8) is 0 Å². The standard InChI is InChI=1S/C13H18FNO/c1-10-6-7-15(9-13(10)16)8-11-2-4-12(14)5-3-11/h2-5,10,13,16H,6-9H2,1H3. The van der Waals surface area contributed by atoms with E-state index in [1.807, 2.05) is 0 Å². The summed E-state index contributed by atoms with van der Waals surface area (Å²) >= 11 is 0. The molecule has 0 radical (unpaired) electrons. The molecule has 1 aliphatic heterocycles. The third-order valence-electron chi connectivity index (χ3n) is 3.32. The summed E-state index contributed by atoms with van der Waals surface area (Å²) in [5, 5.41) is 9.77. The summed E-state index contributed by atoms with van der Waals surface area (Å²) in [5.74, 6) is 0.195. The lowest BCUT2D eigenvalue weighted by Gasteiger charge is -2.34. The van der Waals surface area contributed by atoms with Crippen LogP contribution in [0.4, 0.5) is 4.39 Å². The molecule has 16 heavy (non-hydrogen) atoms. The summed E-state index contributed by atoms with van der Waals surface area (Å²) in [5.41, 5.74) is 1.10. The molecule has 0 spiro atoms. The van der Waals surface area contributed by atoms with Gasteiger partial charge in [-0.2, -0.15) is 0 Å². The van der Waals surface area contributed by atoms with Crippen LogP contribution in [0.25, 0.3) is 0 Å². The first kappa shape index (κ1) is 11.6. The van der Waals surface area contributed by atoms with Gasteiger partial charge in [0.1, 0.15) is 5.82 Å². The van der Waals surface area contributed by atoms with Crippen LogP contribution in [0.5, 0.6) is 0 Å². The number of β-amino-alcohol motifs (C(OH)–C–C–N with tert-alkyl or cyclic N) is 1. The number of aliphatic hydroxyl groups is 1. The molecule has 0 bridgehead atoms. The van der Waals surface area contributed by atoms with Crippen LogP contribution < -0.4 is 0 Å². The van der Waals surface area contributed by atoms with Crippen LogP contribution in [0.15, 0.2) is 24.3 Å². The first-order valence-electron chi connectivity index (χ1n) is 5.80. The second-order valence-corrected chi connectivity index (χ2v) is 4.69. The van der Waals surface area contributed by atoms with Crippen LogP contribution in [0.2, 0.25) is 0 Å². The Labute approximate surface area is 95.7 Å². The van der Waals surface area contributed by atoms with Crippen molar-refractivity contribution in [3.8, 4) is 0 Å². The molecule has 1 fully saturated rings. The molecule has 1 N–H and O–H groups in total. The van der Waals surface area contributed by atoms with Gasteiger partial charge in [0.2, 0.25) is 0 Å². The van der Waals surface area contributed by atoms with Crippen molar-refractivity contribution in [2.45, 2.75) is 26.0 Å². The number of hydrogen-bond donors (Lipinski definition) is 1. The molecule has 88 valence electrons. The molecule has 3 heteroatoms. The van der Waals surface area contributed by atoms with Crippen molar-refractivity contribution in [2.24, 2.45) is 5.92 Å². The lowest BCUT2D eigenvalue weighted by atomic mass is 9.96. The molecule has 0 aliphatic carbocycles. The average Bonchev–Trinajstić information content (AvgIpc) is 2.27. The predicted molar refractivity (Wildman–Crippen MR) is 61.5 cm³/mol. The number of hydrogen-bond acceptors (Lipinski definition) is 2. The molecule has 0 saturated carbocycles. The Balaban J connectivity index is 1.93. The van der Waals surface area contributed by atoms with Gasteiger partial charge in [-0.15, -0.1) is 0 Å². The molecule has 1 aromatic rings. The summed E-state index contributed by atoms with van der Waals surface area (Å²) in [6.07, 6.45) is 0.803. The van der Waals surface area contributed by atoms with Gasteiger partial charge in [-0.05, 0) is 36.6 Å². The quantitative estimate of drug-likeness (QED) is 0.829. The zero-order chi connectivity index (χ0) is 11.5. The molecule has 1 heterocycles. The number of nitrogens with zero attached hydrogens (tertiary/aromatic N) is 1. The van der Waals surface area contributed by atoms with Crippen molar-refractivity contribution < 1.29 is 9.50 Å². The summed E-state index contributed by atoms with van der Waals surface area (Å²) in [6.45, 7) is 4.61. The Bertz CT molecular complexity index is 338. The summed E-state index contributed by atoms with van der Waals surface area (Å²) in [6, 6.07) is 6.58. The zero-order valence-electron chi connectivity index (χ0n) is 9.56. The fourth-order valence-corrected chi connectivity index (χ4v) is 2.11. The maximum Gasteiger partial charge on any atom is 0.123 e. The van der Waals surface area contributed by atoms with Crippen LogP contribution in [-0.2, 0) is 6.54 Å². The van der Waals surface area contributed by atoms with E-state index in [-0.39, 0.29) is 11.9 Å². The molecule has 1 aliphatic rings. The Morgan fingerprint density at radius 1 is 1.38 bits per heavy atom. The average molecular weight is 223 g/mol. The van der Waals surface area contributed by atoms with Gasteiger partial charge in [-0.25, -0.2) is 4.39 Å². The molecule has 0 amide bonds. The summed E-state index contributed by atoms with van der Waals surface area (Å²) in [7, 11) is 0. The maximum absolute atomic E-state index is 12.7. The number of halogens is 1. The maximum atomic E-state index is 12.7. The highest BCUT2D eigenvalue weighted by molar-refractivity contribution is 5.16. The van der Waals surface area contributed by atoms with Crippen LogP contribution >= 0.6 is 0 Å². The molecule has 1 saturated heterocycles. The second kappa shape index (κ2) is 4.93. The SMILES string of the molecule is CC1CCN(Cc2ccc(F)cc2)CC1O. The lowest BCUT2D eigenvalue weighted by molar-refractivity contribution is 0.0259. The molecule has 0 aromatic heterocycles. The van der Waals surface area contributed by atoms with Gasteiger partial charge in [0.25, 0.3) is 0 Å². The van der Waals surface area contributed by atoms with Gasteiger partial charge in [-0.3, -0.25) is 4.90 Å². The van der Waals surface area contributed by atoms with E-state index in [2.05, 4.69) is 11.8 Å². The Hall–Kier alpha value is -0.930. The molecular formula is C13H18FNO. The third kappa shape index (κ3) is 2.80. The molecule has 2 rings (SSSR count). The van der Waals surface area contributed by atoms with Crippen molar-refractivity contribution >= 4 is 0 Å². The van der Waals surface area contributed by atoms with Crippen LogP contribution in [0, 0.1) is 11.7 Å². The zero-order valence-corrected chi connectivity index (χ0v) is 9.56. The van der Waals surface area contributed by atoms with Gasteiger partial charge in [0, 0.05) is 13.1 Å². The van der Waals surface area contributed by atoms with Gasteiger partial charge < -0.3 is 5.11 Å². The van der Waals surface area contributed by atoms with Crippen molar-refractivity contribution in [3.05, 3.63) is 35.6 Å². The summed E-state index contributed by atoms with van der Waals surface area (Å²) < 4.78 is 12.7. The Morgan fingerprint density at radius 2 is 2.06 bits per heavy atom. The summed E-state index contributed by atoms with van der Waals surface area (Å²) in [4.78, 5) is 2.22. The number of benzene rings is 1. The van der Waals surface area contributed by atoms with Crippen molar-refractivity contribution in [1.82, 2.24) is 4.90 Å². The second-order valence-electron chi connectivity index (χ2n) is 4.69. The fraction of sp³-hybridized carbons (Fsp3) is 0.538. The van der Waals surface area contributed by atoms with Crippen LogP contribution in [0.3, 0.4) is 0 Å². The smallest absolute Gasteiger partial charge is 0.123 e. The third-order valence-corrected chi connectivity index (χ3v) is 3.32. The highest BCUT2D eigenvalue weighted by Crippen LogP contribution is 2.18. The molecular weight excluding hydrogens is 205 g/mol. The van der Waals surface area contributed by atoms with E-state index in [1.54, 1.807) is 12.1 Å². The number of piperidine rings is 1. The molecule has 1 aromatic carbocycles. The largest absolute Gasteiger partial charge is 0.392 e. The number of likely N-dealkylation sites (tertiary alicyclic amines) is 1. The van der Waals surface area contributed by atoms with E-state index in [1.165, 1.54) is 12.1 Å². The van der Waals surface area contributed by atoms with Crippen molar-refractivity contribution in [2.75, 3.05) is 13.1 Å². The first-order chi connectivity index (χ1) is 7.65. The molecule has 2 atom stereocenters. The fourth-order valence-electron chi connectivity index (χ4n) is 2.11. The minimum absolute atomic E-state index is 0.198. The Morgan fingerprint density at radius 3 is 2.69 bits per heavy atom. The molecule has 2 unspecified atom stereocenters. The van der Waals surface area contributed by atoms with E-state index < -0.39 is 0 Å². The van der Waals surface area contributed by atoms with Crippen LogP contribution in [-0.4, -0.2) is 29.2 Å². The highest BCUT2D eigenvalue weighted by Gasteiger charge is 2.23. The minimum Gasteiger partial charge on any atom is -0.392 e. The van der Waals surface area contributed by atoms with Crippen LogP contribution in [0.1, 0.15) is 18.9 Å². The first-order valence-corrected chi connectivity index (χ1v) is 5.80. The van der Waals surface area contributed by atoms with E-state index in [4.69, 9.17) is 0 Å². The Kier molecular flexibility index (Phi) is 3.56. The van der Waals surface area contributed by atoms with Gasteiger partial charge >= 0.3 is 0 Å². The van der Waals surface area contributed by atoms with Gasteiger partial charge in [0.15, 0.2) is 0 Å². The normalized spacial score (nSPS) is 26.9. The lowest BCUT2D eigenvalue weighted by Crippen LogP contribution is -2.42. The predicted octanol–water partition coefficient (Wildman–Crippen LogP) is 2.03. The van der Waals surface area contributed by atoms with E-state index in [9.17, 15) is 9.50 Å². The van der Waals surface area contributed by atoms with E-state index in [0.717, 1.165) is 31.6 Å². The van der Waals surface area contributed by atoms with E-state index in [0.29, 0.717) is 5.92 Å². The van der Waals surface area contributed by atoms with Gasteiger partial charge in [0.05, 0.1) is 6.10 Å². The monoisotopic (exact) mass is 223 g/mol. The topological polar surface area (TPSA) is 23.5 Å². The number of aliphatic hydroxyl groups excluding tert-OH is 1. The molecule has 2 nitrogen and oxygen atoms in total. The van der Waals surface area contributed by atoms with Crippen molar-refractivity contribution in [1.29, 1.82) is 0 Å². The highest BCUT2D eigenvalue weighted by atomic mass is 19.1. The number of rotatable bonds is 2. The van der Waals surface area contributed by atoms with E-state index >= 15 is 0 Å².